The summed E-state index contributed by atoms with van der Waals surface area (Å²) in [5.41, 5.74) is 0.944. The van der Waals surface area contributed by atoms with Gasteiger partial charge in [0, 0.05) is 12.1 Å². The Morgan fingerprint density at radius 1 is 1.23 bits per heavy atom. The van der Waals surface area contributed by atoms with Crippen LogP contribution in [0.2, 0.25) is 0 Å². The van der Waals surface area contributed by atoms with E-state index in [1.165, 1.54) is 26.4 Å². The Morgan fingerprint density at radius 2 is 2.00 bits per heavy atom. The predicted octanol–water partition coefficient (Wildman–Crippen LogP) is 2.81. The molecule has 0 saturated heterocycles. The van der Waals surface area contributed by atoms with E-state index < -0.39 is 11.2 Å². The molecule has 0 saturated carbocycles. The number of allylic oxidation sites excluding steroid dienone is 1. The number of phenols is 1. The third kappa shape index (κ3) is 3.63. The van der Waals surface area contributed by atoms with Gasteiger partial charge in [0.2, 0.25) is 0 Å². The molecule has 1 aliphatic heterocycles. The molecule has 0 fully saturated rings. The quantitative estimate of drug-likeness (QED) is 0.492. The number of rotatable bonds is 5. The average molecular weight is 374 g/mol. The van der Waals surface area contributed by atoms with Crippen LogP contribution in [0.25, 0.3) is 6.08 Å². The Bertz CT molecular complexity index is 861. The first-order valence-electron chi connectivity index (χ1n) is 7.86. The lowest BCUT2D eigenvalue weighted by molar-refractivity contribution is 0.104. The predicted molar refractivity (Wildman–Crippen MR) is 97.8 cm³/mol. The number of hydrogen-bond acceptors (Lipinski definition) is 6. The van der Waals surface area contributed by atoms with Crippen LogP contribution in [0.3, 0.4) is 0 Å². The maximum atomic E-state index is 12.6. The molecule has 1 N–H and O–H groups in total. The van der Waals surface area contributed by atoms with E-state index in [0.29, 0.717) is 45.6 Å². The Morgan fingerprint density at radius 3 is 2.69 bits per heavy atom. The zero-order valence-corrected chi connectivity index (χ0v) is 15.2. The van der Waals surface area contributed by atoms with Crippen LogP contribution in [0.5, 0.6) is 23.0 Å². The largest absolute Gasteiger partial charge is 0.611 e. The summed E-state index contributed by atoms with van der Waals surface area (Å²) in [6, 6.07) is 7.97. The first-order chi connectivity index (χ1) is 12.5. The fourth-order valence-electron chi connectivity index (χ4n) is 2.60. The highest BCUT2D eigenvalue weighted by Crippen LogP contribution is 2.35. The van der Waals surface area contributed by atoms with Crippen molar-refractivity contribution in [1.29, 1.82) is 0 Å². The topological polar surface area (TPSA) is 88.1 Å². The molecule has 0 spiro atoms. The van der Waals surface area contributed by atoms with Crippen LogP contribution in [-0.2, 0) is 11.2 Å². The molecule has 136 valence electrons. The number of ether oxygens (including phenoxy) is 3. The zero-order valence-electron chi connectivity index (χ0n) is 14.4. The summed E-state index contributed by atoms with van der Waals surface area (Å²) in [5, 5.41) is 9.81. The number of carbonyl (C=O) groups excluding carboxylic acids is 1. The molecule has 1 atom stereocenters. The van der Waals surface area contributed by atoms with Crippen LogP contribution in [0.4, 0.5) is 0 Å². The molecule has 0 bridgehead atoms. The lowest BCUT2D eigenvalue weighted by atomic mass is 10.1. The molecule has 7 heteroatoms. The first-order valence-corrected chi connectivity index (χ1v) is 9.18. The van der Waals surface area contributed by atoms with E-state index in [1.54, 1.807) is 30.3 Å². The number of ketones is 1. The smallest absolute Gasteiger partial charge is 0.195 e. The van der Waals surface area contributed by atoms with E-state index in [-0.39, 0.29) is 11.5 Å². The standard InChI is InChI=1S/C19H18O6S/c1-23-16-6-4-12(9-15(16)21)3-5-14(20)13-10-19-18(11-17(13)24-2)25-7-8-26(19)22/h3-6,9-11,21H,7-8H2,1-2H3. The number of methoxy groups -OCH3 is 2. The van der Waals surface area contributed by atoms with Gasteiger partial charge in [-0.2, -0.15) is 0 Å². The van der Waals surface area contributed by atoms with Crippen molar-refractivity contribution >= 4 is 23.0 Å². The summed E-state index contributed by atoms with van der Waals surface area (Å²) >= 11 is -1.20. The summed E-state index contributed by atoms with van der Waals surface area (Å²) < 4.78 is 27.9. The third-order valence-corrected chi connectivity index (χ3v) is 5.28. The molecule has 0 radical (unpaired) electrons. The molecule has 3 rings (SSSR count). The fraction of sp³-hybridized carbons (Fsp3) is 0.211. The van der Waals surface area contributed by atoms with E-state index >= 15 is 0 Å². The molecule has 0 aromatic heterocycles. The van der Waals surface area contributed by atoms with Gasteiger partial charge in [0.05, 0.1) is 19.8 Å². The Balaban J connectivity index is 1.89. The summed E-state index contributed by atoms with van der Waals surface area (Å²) in [6.45, 7) is 0.372. The van der Waals surface area contributed by atoms with Gasteiger partial charge in [0.1, 0.15) is 18.1 Å². The van der Waals surface area contributed by atoms with Crippen molar-refractivity contribution in [3.63, 3.8) is 0 Å². The number of benzene rings is 2. The van der Waals surface area contributed by atoms with Crippen molar-refractivity contribution in [2.75, 3.05) is 26.6 Å². The number of carbonyl (C=O) groups is 1. The molecule has 0 amide bonds. The van der Waals surface area contributed by atoms with Gasteiger partial charge in [-0.05, 0) is 34.9 Å². The van der Waals surface area contributed by atoms with Crippen molar-refractivity contribution in [2.45, 2.75) is 4.90 Å². The number of phenolic OH excluding ortho intramolecular Hbond substituents is 1. The van der Waals surface area contributed by atoms with Crippen molar-refractivity contribution < 1.29 is 28.7 Å². The maximum absolute atomic E-state index is 12.6. The van der Waals surface area contributed by atoms with Crippen LogP contribution in [0.15, 0.2) is 41.3 Å². The minimum absolute atomic E-state index is 0.0130. The second-order valence-corrected chi connectivity index (χ2v) is 7.07. The summed E-state index contributed by atoms with van der Waals surface area (Å²) in [7, 11) is 2.92. The minimum atomic E-state index is -1.20. The van der Waals surface area contributed by atoms with E-state index in [9.17, 15) is 14.5 Å². The van der Waals surface area contributed by atoms with Gasteiger partial charge in [-0.1, -0.05) is 12.1 Å². The van der Waals surface area contributed by atoms with Gasteiger partial charge >= 0.3 is 0 Å². The Kier molecular flexibility index (Phi) is 5.39. The third-order valence-electron chi connectivity index (χ3n) is 3.93. The highest BCUT2D eigenvalue weighted by molar-refractivity contribution is 7.91. The van der Waals surface area contributed by atoms with Gasteiger partial charge in [-0.3, -0.25) is 4.79 Å². The minimum Gasteiger partial charge on any atom is -0.611 e. The summed E-state index contributed by atoms with van der Waals surface area (Å²) in [5.74, 6) is 1.27. The molecule has 0 aliphatic carbocycles. The van der Waals surface area contributed by atoms with Crippen LogP contribution in [0, 0.1) is 0 Å². The van der Waals surface area contributed by atoms with Gasteiger partial charge in [-0.15, -0.1) is 0 Å². The second-order valence-electron chi connectivity index (χ2n) is 5.53. The highest BCUT2D eigenvalue weighted by Gasteiger charge is 2.27. The molecular formula is C19H18O6S. The number of fused-ring (bicyclic) bond motifs is 1. The molecule has 1 aliphatic rings. The van der Waals surface area contributed by atoms with Crippen LogP contribution >= 0.6 is 0 Å². The van der Waals surface area contributed by atoms with E-state index in [0.717, 1.165) is 0 Å². The average Bonchev–Trinajstić information content (AvgIpc) is 2.65. The first kappa shape index (κ1) is 18.2. The molecule has 1 unspecified atom stereocenters. The van der Waals surface area contributed by atoms with E-state index in [1.807, 2.05) is 0 Å². The number of hydrogen-bond donors (Lipinski definition) is 1. The highest BCUT2D eigenvalue weighted by atomic mass is 32.2. The summed E-state index contributed by atoms with van der Waals surface area (Å²) in [6.07, 6.45) is 2.95. The molecule has 26 heavy (non-hydrogen) atoms. The number of aromatic hydroxyl groups is 1. The SMILES string of the molecule is COc1ccc(C=CC(=O)c2cc3c(cc2OC)OCC[S+]3[O-])cc1O. The summed E-state index contributed by atoms with van der Waals surface area (Å²) in [4.78, 5) is 13.1. The van der Waals surface area contributed by atoms with Crippen molar-refractivity contribution in [3.8, 4) is 23.0 Å². The normalized spacial score (nSPS) is 16.0. The second kappa shape index (κ2) is 7.72. The molecular weight excluding hydrogens is 356 g/mol. The van der Waals surface area contributed by atoms with Crippen LogP contribution < -0.4 is 14.2 Å². The van der Waals surface area contributed by atoms with Gasteiger partial charge in [0.25, 0.3) is 0 Å². The Hall–Kier alpha value is -2.64. The van der Waals surface area contributed by atoms with Crippen LogP contribution in [0.1, 0.15) is 15.9 Å². The molecule has 2 aromatic carbocycles. The molecule has 6 nitrogen and oxygen atoms in total. The fourth-order valence-corrected chi connectivity index (χ4v) is 3.65. The lowest BCUT2D eigenvalue weighted by Crippen LogP contribution is -2.21. The monoisotopic (exact) mass is 374 g/mol. The van der Waals surface area contributed by atoms with E-state index in [2.05, 4.69) is 0 Å². The van der Waals surface area contributed by atoms with Crippen LogP contribution in [-0.4, -0.2) is 42.0 Å². The van der Waals surface area contributed by atoms with E-state index in [4.69, 9.17) is 14.2 Å². The lowest BCUT2D eigenvalue weighted by Gasteiger charge is -2.21. The Labute approximate surface area is 154 Å². The van der Waals surface area contributed by atoms with Gasteiger partial charge in [0.15, 0.2) is 27.9 Å². The zero-order chi connectivity index (χ0) is 18.7. The molecule has 1 heterocycles. The van der Waals surface area contributed by atoms with Crippen molar-refractivity contribution in [2.24, 2.45) is 0 Å². The van der Waals surface area contributed by atoms with Crippen molar-refractivity contribution in [3.05, 3.63) is 47.5 Å². The van der Waals surface area contributed by atoms with Gasteiger partial charge < -0.3 is 23.9 Å². The maximum Gasteiger partial charge on any atom is 0.195 e. The molecule has 2 aromatic rings. The van der Waals surface area contributed by atoms with Crippen molar-refractivity contribution in [1.82, 2.24) is 0 Å². The van der Waals surface area contributed by atoms with Gasteiger partial charge in [-0.25, -0.2) is 0 Å².